The van der Waals surface area contributed by atoms with E-state index >= 15 is 0 Å². The molecule has 0 saturated carbocycles. The Bertz CT molecular complexity index is 616. The van der Waals surface area contributed by atoms with E-state index < -0.39 is 17.2 Å². The van der Waals surface area contributed by atoms with Crippen molar-refractivity contribution in [3.05, 3.63) is 69.7 Å². The van der Waals surface area contributed by atoms with Gasteiger partial charge in [-0.15, -0.1) is 0 Å². The van der Waals surface area contributed by atoms with E-state index in [1.54, 1.807) is 0 Å². The van der Waals surface area contributed by atoms with E-state index in [-0.39, 0.29) is 16.5 Å². The lowest BCUT2D eigenvalue weighted by Crippen LogP contribution is -2.44. The molecule has 2 rings (SSSR count). The molecule has 21 heavy (non-hydrogen) atoms. The highest BCUT2D eigenvalue weighted by Gasteiger charge is 2.27. The van der Waals surface area contributed by atoms with Crippen LogP contribution in [0, 0.1) is 11.6 Å². The number of halogens is 3. The number of hydrogen-bond acceptors (Lipinski definition) is 1. The molecule has 0 saturated heterocycles. The minimum atomic E-state index is -0.677. The van der Waals surface area contributed by atoms with Crippen molar-refractivity contribution in [1.29, 1.82) is 0 Å². The van der Waals surface area contributed by atoms with Gasteiger partial charge in [-0.1, -0.05) is 37.3 Å². The molecular weight excluding hydrogens is 336 g/mol. The molecule has 0 fully saturated rings. The van der Waals surface area contributed by atoms with Crippen LogP contribution < -0.4 is 5.73 Å². The van der Waals surface area contributed by atoms with Gasteiger partial charge >= 0.3 is 0 Å². The molecule has 1 nitrogen and oxygen atoms in total. The zero-order chi connectivity index (χ0) is 15.5. The molecule has 0 spiro atoms. The van der Waals surface area contributed by atoms with Gasteiger partial charge in [-0.2, -0.15) is 0 Å². The molecule has 0 aromatic heterocycles. The zero-order valence-electron chi connectivity index (χ0n) is 11.9. The van der Waals surface area contributed by atoms with E-state index in [2.05, 4.69) is 15.9 Å². The van der Waals surface area contributed by atoms with Crippen LogP contribution in [-0.4, -0.2) is 5.54 Å². The van der Waals surface area contributed by atoms with Crippen molar-refractivity contribution < 1.29 is 8.78 Å². The lowest BCUT2D eigenvalue weighted by atomic mass is 9.83. The Labute approximate surface area is 132 Å². The Morgan fingerprint density at radius 1 is 1.05 bits per heavy atom. The lowest BCUT2D eigenvalue weighted by Gasteiger charge is -2.29. The molecule has 4 heteroatoms. The summed E-state index contributed by atoms with van der Waals surface area (Å²) in [7, 11) is 0. The fourth-order valence-electron chi connectivity index (χ4n) is 2.40. The number of nitrogens with two attached hydrogens (primary N) is 1. The van der Waals surface area contributed by atoms with Crippen LogP contribution in [0.1, 0.15) is 24.5 Å². The first-order chi connectivity index (χ1) is 9.95. The normalized spacial score (nSPS) is 14.0. The number of hydrogen-bond donors (Lipinski definition) is 1. The summed E-state index contributed by atoms with van der Waals surface area (Å²) in [6.07, 6.45) is 1.37. The van der Waals surface area contributed by atoms with Crippen LogP contribution in [-0.2, 0) is 12.8 Å². The van der Waals surface area contributed by atoms with Crippen LogP contribution in [0.25, 0.3) is 0 Å². The van der Waals surface area contributed by atoms with E-state index in [9.17, 15) is 8.78 Å². The van der Waals surface area contributed by atoms with E-state index in [1.807, 2.05) is 37.3 Å². The Morgan fingerprint density at radius 2 is 1.71 bits per heavy atom. The molecule has 0 aliphatic rings. The summed E-state index contributed by atoms with van der Waals surface area (Å²) >= 11 is 3.09. The first-order valence-electron chi connectivity index (χ1n) is 6.90. The highest BCUT2D eigenvalue weighted by Crippen LogP contribution is 2.27. The summed E-state index contributed by atoms with van der Waals surface area (Å²) < 4.78 is 28.3. The van der Waals surface area contributed by atoms with Gasteiger partial charge in [-0.3, -0.25) is 0 Å². The van der Waals surface area contributed by atoms with Crippen molar-refractivity contribution in [3.63, 3.8) is 0 Å². The van der Waals surface area contributed by atoms with E-state index in [0.717, 1.165) is 5.56 Å². The highest BCUT2D eigenvalue weighted by molar-refractivity contribution is 9.10. The van der Waals surface area contributed by atoms with E-state index in [0.29, 0.717) is 12.8 Å². The van der Waals surface area contributed by atoms with Gasteiger partial charge in [0, 0.05) is 11.1 Å². The van der Waals surface area contributed by atoms with Crippen LogP contribution in [0.5, 0.6) is 0 Å². The molecule has 2 aromatic carbocycles. The van der Waals surface area contributed by atoms with Gasteiger partial charge < -0.3 is 5.73 Å². The molecule has 0 radical (unpaired) electrons. The molecule has 2 N–H and O–H groups in total. The van der Waals surface area contributed by atoms with Crippen molar-refractivity contribution in [1.82, 2.24) is 0 Å². The van der Waals surface area contributed by atoms with Crippen molar-refractivity contribution in [3.8, 4) is 0 Å². The average molecular weight is 354 g/mol. The predicted molar refractivity (Wildman–Crippen MR) is 85.1 cm³/mol. The van der Waals surface area contributed by atoms with E-state index in [4.69, 9.17) is 5.73 Å². The van der Waals surface area contributed by atoms with Crippen molar-refractivity contribution >= 4 is 15.9 Å². The smallest absolute Gasteiger partial charge is 0.143 e. The fraction of sp³-hybridized carbons (Fsp3) is 0.294. The molecular formula is C17H18BrF2N. The summed E-state index contributed by atoms with van der Waals surface area (Å²) in [4.78, 5) is 0. The maximum Gasteiger partial charge on any atom is 0.143 e. The summed E-state index contributed by atoms with van der Waals surface area (Å²) in [6, 6.07) is 12.4. The van der Waals surface area contributed by atoms with Gasteiger partial charge in [0.1, 0.15) is 11.6 Å². The average Bonchev–Trinajstić information content (AvgIpc) is 2.49. The standard InChI is InChI=1S/C17H18BrF2N/c1-2-17(21,10-12-6-4-3-5-7-12)11-13-15(19)9-8-14(18)16(13)20/h3-9H,2,10-11,21H2,1H3. The third-order valence-electron chi connectivity index (χ3n) is 3.77. The van der Waals surface area contributed by atoms with Crippen molar-refractivity contribution in [2.75, 3.05) is 0 Å². The second-order valence-corrected chi connectivity index (χ2v) is 6.23. The van der Waals surface area contributed by atoms with Gasteiger partial charge in [0.2, 0.25) is 0 Å². The molecule has 0 bridgehead atoms. The lowest BCUT2D eigenvalue weighted by molar-refractivity contribution is 0.387. The topological polar surface area (TPSA) is 26.0 Å². The molecule has 0 aliphatic heterocycles. The second-order valence-electron chi connectivity index (χ2n) is 5.38. The molecule has 0 aliphatic carbocycles. The van der Waals surface area contributed by atoms with Crippen LogP contribution in [0.3, 0.4) is 0 Å². The van der Waals surface area contributed by atoms with Crippen LogP contribution in [0.15, 0.2) is 46.9 Å². The summed E-state index contributed by atoms with van der Waals surface area (Å²) in [5, 5.41) is 0. The quantitative estimate of drug-likeness (QED) is 0.779. The third-order valence-corrected chi connectivity index (χ3v) is 4.38. The van der Waals surface area contributed by atoms with Crippen LogP contribution >= 0.6 is 15.9 Å². The maximum absolute atomic E-state index is 14.1. The van der Waals surface area contributed by atoms with Gasteiger partial charge in [0.15, 0.2) is 0 Å². The first-order valence-corrected chi connectivity index (χ1v) is 7.69. The largest absolute Gasteiger partial charge is 0.325 e. The summed E-state index contributed by atoms with van der Waals surface area (Å²) in [5.41, 5.74) is 6.84. The Hall–Kier alpha value is -1.26. The summed E-state index contributed by atoms with van der Waals surface area (Å²) in [5.74, 6) is -1.11. The summed E-state index contributed by atoms with van der Waals surface area (Å²) in [6.45, 7) is 1.94. The van der Waals surface area contributed by atoms with Gasteiger partial charge in [-0.25, -0.2) is 8.78 Å². The highest BCUT2D eigenvalue weighted by atomic mass is 79.9. The molecule has 2 aromatic rings. The molecule has 0 heterocycles. The van der Waals surface area contributed by atoms with Gasteiger partial charge in [0.05, 0.1) is 4.47 Å². The molecule has 1 atom stereocenters. The third kappa shape index (κ3) is 3.89. The van der Waals surface area contributed by atoms with Crippen molar-refractivity contribution in [2.24, 2.45) is 5.73 Å². The molecule has 112 valence electrons. The minimum absolute atomic E-state index is 0.0460. The Morgan fingerprint density at radius 3 is 2.33 bits per heavy atom. The fourth-order valence-corrected chi connectivity index (χ4v) is 2.77. The Kier molecular flexibility index (Phi) is 5.12. The SMILES string of the molecule is CCC(N)(Cc1ccccc1)Cc1c(F)ccc(Br)c1F. The van der Waals surface area contributed by atoms with Gasteiger partial charge in [-0.05, 0) is 52.9 Å². The molecule has 0 amide bonds. The van der Waals surface area contributed by atoms with Crippen molar-refractivity contribution in [2.45, 2.75) is 31.7 Å². The number of rotatable bonds is 5. The first kappa shape index (κ1) is 16.1. The molecule has 1 unspecified atom stereocenters. The Balaban J connectivity index is 2.28. The van der Waals surface area contributed by atoms with Crippen LogP contribution in [0.2, 0.25) is 0 Å². The minimum Gasteiger partial charge on any atom is -0.325 e. The predicted octanol–water partition coefficient (Wildman–Crippen LogP) is 4.62. The van der Waals surface area contributed by atoms with E-state index in [1.165, 1.54) is 12.1 Å². The van der Waals surface area contributed by atoms with Crippen LogP contribution in [0.4, 0.5) is 8.78 Å². The maximum atomic E-state index is 14.1. The van der Waals surface area contributed by atoms with Gasteiger partial charge in [0.25, 0.3) is 0 Å². The zero-order valence-corrected chi connectivity index (χ0v) is 13.5. The number of benzene rings is 2. The second kappa shape index (κ2) is 6.67. The monoisotopic (exact) mass is 353 g/mol.